The highest BCUT2D eigenvalue weighted by Gasteiger charge is 2.32. The third-order valence-corrected chi connectivity index (χ3v) is 4.65. The van der Waals surface area contributed by atoms with Crippen molar-refractivity contribution in [2.24, 2.45) is 17.6 Å². The molecule has 1 saturated carbocycles. The summed E-state index contributed by atoms with van der Waals surface area (Å²) < 4.78 is 0. The Balaban J connectivity index is 2.37. The fraction of sp³-hybridized carbons (Fsp3) is 1.00. The highest BCUT2D eigenvalue weighted by molar-refractivity contribution is 4.91. The van der Waals surface area contributed by atoms with E-state index in [-0.39, 0.29) is 5.54 Å². The molecule has 1 fully saturated rings. The maximum absolute atomic E-state index is 6.57. The molecule has 1 rings (SSSR count). The summed E-state index contributed by atoms with van der Waals surface area (Å²) in [6, 6.07) is 0. The summed E-state index contributed by atoms with van der Waals surface area (Å²) in [5.74, 6) is 1.83. The van der Waals surface area contributed by atoms with E-state index in [0.717, 1.165) is 11.8 Å². The molecule has 0 aromatic rings. The molecule has 1 heteroatoms. The summed E-state index contributed by atoms with van der Waals surface area (Å²) in [6.07, 6.45) is 11.9. The van der Waals surface area contributed by atoms with Crippen LogP contribution in [0.4, 0.5) is 0 Å². The molecule has 0 aromatic carbocycles. The van der Waals surface area contributed by atoms with Gasteiger partial charge in [0.15, 0.2) is 0 Å². The quantitative estimate of drug-likeness (QED) is 0.707. The topological polar surface area (TPSA) is 26.0 Å². The van der Waals surface area contributed by atoms with Crippen LogP contribution in [0.25, 0.3) is 0 Å². The molecule has 0 atom stereocenters. The summed E-state index contributed by atoms with van der Waals surface area (Å²) in [7, 11) is 0. The molecule has 0 radical (unpaired) electrons. The van der Waals surface area contributed by atoms with Crippen molar-refractivity contribution in [3.05, 3.63) is 0 Å². The molecule has 0 aliphatic heterocycles. The molecule has 1 aliphatic carbocycles. The normalized spacial score (nSPS) is 30.9. The maximum atomic E-state index is 6.57. The summed E-state index contributed by atoms with van der Waals surface area (Å²) in [5.41, 5.74) is 6.75. The molecule has 0 heterocycles. The van der Waals surface area contributed by atoms with Gasteiger partial charge < -0.3 is 5.73 Å². The van der Waals surface area contributed by atoms with Crippen molar-refractivity contribution in [3.8, 4) is 0 Å². The minimum Gasteiger partial charge on any atom is -0.325 e. The smallest absolute Gasteiger partial charge is 0.0157 e. The maximum Gasteiger partial charge on any atom is 0.0157 e. The predicted octanol–water partition coefficient (Wildman–Crippen LogP) is 4.50. The first-order chi connectivity index (χ1) is 7.63. The van der Waals surface area contributed by atoms with Crippen LogP contribution in [0.3, 0.4) is 0 Å². The molecule has 0 aromatic heterocycles. The molecule has 1 nitrogen and oxygen atoms in total. The fourth-order valence-electron chi connectivity index (χ4n) is 3.31. The van der Waals surface area contributed by atoms with E-state index < -0.39 is 0 Å². The van der Waals surface area contributed by atoms with Crippen molar-refractivity contribution in [2.75, 3.05) is 0 Å². The van der Waals surface area contributed by atoms with Gasteiger partial charge in [-0.15, -0.1) is 0 Å². The molecular formula is C15H31N. The monoisotopic (exact) mass is 225 g/mol. The van der Waals surface area contributed by atoms with Crippen molar-refractivity contribution in [1.82, 2.24) is 0 Å². The van der Waals surface area contributed by atoms with Gasteiger partial charge in [-0.25, -0.2) is 0 Å². The van der Waals surface area contributed by atoms with Crippen molar-refractivity contribution >= 4 is 0 Å². The van der Waals surface area contributed by atoms with E-state index in [1.54, 1.807) is 0 Å². The zero-order valence-corrected chi connectivity index (χ0v) is 11.6. The third kappa shape index (κ3) is 4.08. The van der Waals surface area contributed by atoms with Crippen molar-refractivity contribution in [3.63, 3.8) is 0 Å². The lowest BCUT2D eigenvalue weighted by atomic mass is 9.71. The van der Waals surface area contributed by atoms with Gasteiger partial charge in [0, 0.05) is 5.54 Å². The third-order valence-electron chi connectivity index (χ3n) is 4.65. The van der Waals surface area contributed by atoms with Crippen molar-refractivity contribution < 1.29 is 0 Å². The number of nitrogens with two attached hydrogens (primary N) is 1. The van der Waals surface area contributed by atoms with Crippen LogP contribution in [-0.4, -0.2) is 5.54 Å². The second-order valence-electron chi connectivity index (χ2n) is 5.98. The molecule has 0 bridgehead atoms. The van der Waals surface area contributed by atoms with Gasteiger partial charge in [0.1, 0.15) is 0 Å². The zero-order valence-electron chi connectivity index (χ0n) is 11.6. The first-order valence-corrected chi connectivity index (χ1v) is 7.42. The average molecular weight is 225 g/mol. The first kappa shape index (κ1) is 14.0. The van der Waals surface area contributed by atoms with Gasteiger partial charge >= 0.3 is 0 Å². The molecule has 16 heavy (non-hydrogen) atoms. The minimum absolute atomic E-state index is 0.181. The summed E-state index contributed by atoms with van der Waals surface area (Å²) >= 11 is 0. The predicted molar refractivity (Wildman–Crippen MR) is 72.5 cm³/mol. The molecule has 0 amide bonds. The van der Waals surface area contributed by atoms with Gasteiger partial charge in [0.25, 0.3) is 0 Å². The lowest BCUT2D eigenvalue weighted by Crippen LogP contribution is -2.44. The van der Waals surface area contributed by atoms with E-state index in [0.29, 0.717) is 0 Å². The van der Waals surface area contributed by atoms with Crippen LogP contribution in [0.15, 0.2) is 0 Å². The zero-order chi connectivity index (χ0) is 12.0. The van der Waals surface area contributed by atoms with E-state index in [1.807, 2.05) is 0 Å². The van der Waals surface area contributed by atoms with E-state index in [4.69, 9.17) is 5.73 Å². The standard InChI is InChI=1S/C15H31N/c1-4-7-14-8-10-15(16,11-9-14)12-13(5-2)6-3/h13-14H,4-12,16H2,1-3H3. The minimum atomic E-state index is 0.181. The SMILES string of the molecule is CCCC1CCC(N)(CC(CC)CC)CC1. The van der Waals surface area contributed by atoms with Crippen LogP contribution in [-0.2, 0) is 0 Å². The van der Waals surface area contributed by atoms with Crippen LogP contribution in [0.2, 0.25) is 0 Å². The van der Waals surface area contributed by atoms with Crippen LogP contribution in [0, 0.1) is 11.8 Å². The van der Waals surface area contributed by atoms with E-state index in [2.05, 4.69) is 20.8 Å². The van der Waals surface area contributed by atoms with Crippen LogP contribution in [0.5, 0.6) is 0 Å². The first-order valence-electron chi connectivity index (χ1n) is 7.42. The number of rotatable bonds is 6. The van der Waals surface area contributed by atoms with E-state index in [9.17, 15) is 0 Å². The lowest BCUT2D eigenvalue weighted by Gasteiger charge is -2.39. The van der Waals surface area contributed by atoms with Gasteiger partial charge in [-0.05, 0) is 43.9 Å². The summed E-state index contributed by atoms with van der Waals surface area (Å²) in [6.45, 7) is 6.91. The van der Waals surface area contributed by atoms with E-state index >= 15 is 0 Å². The Bertz CT molecular complexity index is 176. The number of hydrogen-bond acceptors (Lipinski definition) is 1. The molecule has 0 spiro atoms. The second-order valence-corrected chi connectivity index (χ2v) is 5.98. The Kier molecular flexibility index (Phi) is 5.82. The molecule has 96 valence electrons. The highest BCUT2D eigenvalue weighted by Crippen LogP contribution is 2.37. The van der Waals surface area contributed by atoms with Crippen molar-refractivity contribution in [1.29, 1.82) is 0 Å². The average Bonchev–Trinajstić information content (AvgIpc) is 2.30. The van der Waals surface area contributed by atoms with Crippen LogP contribution < -0.4 is 5.73 Å². The fourth-order valence-corrected chi connectivity index (χ4v) is 3.31. The summed E-state index contributed by atoms with van der Waals surface area (Å²) in [4.78, 5) is 0. The second kappa shape index (κ2) is 6.64. The summed E-state index contributed by atoms with van der Waals surface area (Å²) in [5, 5.41) is 0. The Labute approximate surface area is 102 Å². The number of hydrogen-bond donors (Lipinski definition) is 1. The highest BCUT2D eigenvalue weighted by atomic mass is 14.7. The van der Waals surface area contributed by atoms with Gasteiger partial charge in [0.2, 0.25) is 0 Å². The van der Waals surface area contributed by atoms with Gasteiger partial charge in [0.05, 0.1) is 0 Å². The Hall–Kier alpha value is -0.0400. The van der Waals surface area contributed by atoms with Gasteiger partial charge in [-0.1, -0.05) is 46.5 Å². The van der Waals surface area contributed by atoms with Gasteiger partial charge in [-0.3, -0.25) is 0 Å². The van der Waals surface area contributed by atoms with E-state index in [1.165, 1.54) is 57.8 Å². The molecule has 2 N–H and O–H groups in total. The van der Waals surface area contributed by atoms with Crippen molar-refractivity contribution in [2.45, 2.75) is 84.1 Å². The Morgan fingerprint density at radius 1 is 1.12 bits per heavy atom. The molecule has 0 unspecified atom stereocenters. The molecule has 0 saturated heterocycles. The Morgan fingerprint density at radius 3 is 2.12 bits per heavy atom. The lowest BCUT2D eigenvalue weighted by molar-refractivity contribution is 0.185. The Morgan fingerprint density at radius 2 is 1.69 bits per heavy atom. The van der Waals surface area contributed by atoms with Gasteiger partial charge in [-0.2, -0.15) is 0 Å². The van der Waals surface area contributed by atoms with Crippen LogP contribution >= 0.6 is 0 Å². The largest absolute Gasteiger partial charge is 0.325 e. The van der Waals surface area contributed by atoms with Crippen LogP contribution in [0.1, 0.15) is 78.6 Å². The molecular weight excluding hydrogens is 194 g/mol. The molecule has 1 aliphatic rings.